The van der Waals surface area contributed by atoms with Gasteiger partial charge in [-0.1, -0.05) is 30.3 Å². The number of nitro benzene ring substituents is 1. The number of carboxylic acid groups (broad SMARTS) is 1. The van der Waals surface area contributed by atoms with Gasteiger partial charge in [-0.05, 0) is 42.0 Å². The minimum Gasteiger partial charge on any atom is -0.488 e. The molecule has 1 saturated heterocycles. The number of para-hydroxylation sites is 1. The van der Waals surface area contributed by atoms with Crippen LogP contribution in [0.3, 0.4) is 0 Å². The van der Waals surface area contributed by atoms with Crippen LogP contribution in [0.5, 0.6) is 5.75 Å². The van der Waals surface area contributed by atoms with E-state index in [4.69, 9.17) is 9.84 Å². The Hall–Kier alpha value is -4.99. The summed E-state index contributed by atoms with van der Waals surface area (Å²) in [4.78, 5) is 47.1. The average molecular weight is 459 g/mol. The van der Waals surface area contributed by atoms with Crippen molar-refractivity contribution in [2.45, 2.75) is 6.61 Å². The van der Waals surface area contributed by atoms with Crippen molar-refractivity contribution in [3.05, 3.63) is 105 Å². The first-order valence-corrected chi connectivity index (χ1v) is 9.99. The molecular weight excluding hydrogens is 442 g/mol. The Balaban J connectivity index is 1.63. The van der Waals surface area contributed by atoms with E-state index in [0.29, 0.717) is 11.3 Å². The maximum Gasteiger partial charge on any atom is 0.335 e. The molecule has 10 heteroatoms. The highest BCUT2D eigenvalue weighted by Crippen LogP contribution is 2.29. The number of carboxylic acids is 1. The second-order valence-electron chi connectivity index (χ2n) is 7.25. The van der Waals surface area contributed by atoms with Crippen molar-refractivity contribution in [3.63, 3.8) is 0 Å². The highest BCUT2D eigenvalue weighted by atomic mass is 16.6. The maximum absolute atomic E-state index is 12.9. The van der Waals surface area contributed by atoms with Crippen molar-refractivity contribution >= 4 is 35.2 Å². The molecule has 2 amide bonds. The molecule has 0 aromatic heterocycles. The van der Waals surface area contributed by atoms with Crippen molar-refractivity contribution in [1.29, 1.82) is 0 Å². The molecule has 3 aromatic rings. The molecule has 10 nitrogen and oxygen atoms in total. The third kappa shape index (κ3) is 4.60. The van der Waals surface area contributed by atoms with E-state index in [1.54, 1.807) is 42.5 Å². The summed E-state index contributed by atoms with van der Waals surface area (Å²) in [6.07, 6.45) is 1.25. The van der Waals surface area contributed by atoms with Crippen LogP contribution >= 0.6 is 0 Å². The summed E-state index contributed by atoms with van der Waals surface area (Å²) >= 11 is 0. The molecule has 0 spiro atoms. The predicted molar refractivity (Wildman–Crippen MR) is 121 cm³/mol. The molecule has 1 aliphatic heterocycles. The standard InChI is InChI=1S/C24H17N3O7/c28-22-20(23(29)26(25-22)18-4-2-1-3-5-18)13-17-12-19(27(32)33)10-11-21(17)34-14-15-6-8-16(9-7-15)24(30)31/h1-13H,14H2,(H,25,28)(H,30,31)/b20-13-. The lowest BCUT2D eigenvalue weighted by atomic mass is 10.1. The van der Waals surface area contributed by atoms with Crippen LogP contribution in [0.1, 0.15) is 21.5 Å². The highest BCUT2D eigenvalue weighted by molar-refractivity contribution is 6.31. The van der Waals surface area contributed by atoms with Crippen LogP contribution in [0, 0.1) is 10.1 Å². The molecule has 0 radical (unpaired) electrons. The average Bonchev–Trinajstić information content (AvgIpc) is 3.12. The monoisotopic (exact) mass is 459 g/mol. The number of nitrogens with zero attached hydrogens (tertiary/aromatic N) is 2. The molecule has 1 aliphatic rings. The predicted octanol–water partition coefficient (Wildman–Crippen LogP) is 3.33. The summed E-state index contributed by atoms with van der Waals surface area (Å²) in [6.45, 7) is 0.0319. The van der Waals surface area contributed by atoms with E-state index < -0.39 is 22.7 Å². The zero-order chi connectivity index (χ0) is 24.2. The number of amides is 2. The third-order valence-electron chi connectivity index (χ3n) is 5.01. The third-order valence-corrected chi connectivity index (χ3v) is 5.01. The Bertz CT molecular complexity index is 1320. The quantitative estimate of drug-likeness (QED) is 0.239. The SMILES string of the molecule is O=C1NN(c2ccccc2)C(=O)/C1=C\c1cc([N+](=O)[O-])ccc1OCc1ccc(C(=O)O)cc1. The first-order chi connectivity index (χ1) is 16.3. The van der Waals surface area contributed by atoms with Gasteiger partial charge in [0.1, 0.15) is 17.9 Å². The summed E-state index contributed by atoms with van der Waals surface area (Å²) in [5.41, 5.74) is 3.44. The largest absolute Gasteiger partial charge is 0.488 e. The Morgan fingerprint density at radius 1 is 1.06 bits per heavy atom. The smallest absolute Gasteiger partial charge is 0.335 e. The number of anilines is 1. The molecule has 1 fully saturated rings. The van der Waals surface area contributed by atoms with Crippen LogP contribution in [0.15, 0.2) is 78.4 Å². The number of aromatic carboxylic acids is 1. The fourth-order valence-corrected chi connectivity index (χ4v) is 3.27. The summed E-state index contributed by atoms with van der Waals surface area (Å²) in [7, 11) is 0. The number of carbonyl (C=O) groups is 3. The lowest BCUT2D eigenvalue weighted by Gasteiger charge is -2.14. The van der Waals surface area contributed by atoms with Gasteiger partial charge >= 0.3 is 5.97 Å². The van der Waals surface area contributed by atoms with Crippen LogP contribution in [0.2, 0.25) is 0 Å². The number of hydrogen-bond donors (Lipinski definition) is 2. The number of ether oxygens (including phenoxy) is 1. The molecule has 0 saturated carbocycles. The van der Waals surface area contributed by atoms with Crippen LogP contribution in [-0.4, -0.2) is 27.8 Å². The lowest BCUT2D eigenvalue weighted by molar-refractivity contribution is -0.384. The highest BCUT2D eigenvalue weighted by Gasteiger charge is 2.34. The first-order valence-electron chi connectivity index (χ1n) is 9.99. The van der Waals surface area contributed by atoms with E-state index in [9.17, 15) is 24.5 Å². The molecule has 2 N–H and O–H groups in total. The molecule has 0 bridgehead atoms. The summed E-state index contributed by atoms with van der Waals surface area (Å²) in [5, 5.41) is 21.4. The van der Waals surface area contributed by atoms with Gasteiger partial charge in [-0.3, -0.25) is 25.1 Å². The van der Waals surface area contributed by atoms with Gasteiger partial charge in [0.15, 0.2) is 0 Å². The second kappa shape index (κ2) is 9.25. The fraction of sp³-hybridized carbons (Fsp3) is 0.0417. The molecule has 170 valence electrons. The number of hydrazine groups is 1. The van der Waals surface area contributed by atoms with Gasteiger partial charge in [0, 0.05) is 17.7 Å². The van der Waals surface area contributed by atoms with E-state index in [-0.39, 0.29) is 34.7 Å². The molecule has 34 heavy (non-hydrogen) atoms. The molecular formula is C24H17N3O7. The van der Waals surface area contributed by atoms with Gasteiger partial charge in [-0.15, -0.1) is 0 Å². The number of rotatable bonds is 7. The number of hydrogen-bond acceptors (Lipinski definition) is 6. The van der Waals surface area contributed by atoms with Gasteiger partial charge in [-0.2, -0.15) is 0 Å². The number of non-ortho nitro benzene ring substituents is 1. The van der Waals surface area contributed by atoms with Crippen molar-refractivity contribution in [3.8, 4) is 5.75 Å². The van der Waals surface area contributed by atoms with E-state index in [1.165, 1.54) is 36.4 Å². The lowest BCUT2D eigenvalue weighted by Crippen LogP contribution is -2.35. The van der Waals surface area contributed by atoms with Crippen LogP contribution in [-0.2, 0) is 16.2 Å². The molecule has 0 atom stereocenters. The summed E-state index contributed by atoms with van der Waals surface area (Å²) in [6, 6.07) is 18.4. The molecule has 1 heterocycles. The number of carbonyl (C=O) groups excluding carboxylic acids is 2. The van der Waals surface area contributed by atoms with Gasteiger partial charge < -0.3 is 9.84 Å². The van der Waals surface area contributed by atoms with Crippen LogP contribution in [0.25, 0.3) is 6.08 Å². The normalized spacial score (nSPS) is 14.2. The van der Waals surface area contributed by atoms with Crippen molar-refractivity contribution in [1.82, 2.24) is 5.43 Å². The Morgan fingerprint density at radius 2 is 1.76 bits per heavy atom. The molecule has 0 aliphatic carbocycles. The first kappa shape index (κ1) is 22.2. The number of nitrogens with one attached hydrogen (secondary N) is 1. The number of nitro groups is 1. The summed E-state index contributed by atoms with van der Waals surface area (Å²) < 4.78 is 5.78. The van der Waals surface area contributed by atoms with E-state index >= 15 is 0 Å². The maximum atomic E-state index is 12.9. The molecule has 0 unspecified atom stereocenters. The zero-order valence-corrected chi connectivity index (χ0v) is 17.5. The van der Waals surface area contributed by atoms with Crippen molar-refractivity contribution in [2.75, 3.05) is 5.01 Å². The van der Waals surface area contributed by atoms with Crippen molar-refractivity contribution in [2.24, 2.45) is 0 Å². The topological polar surface area (TPSA) is 139 Å². The van der Waals surface area contributed by atoms with Gasteiger partial charge in [0.25, 0.3) is 17.5 Å². The van der Waals surface area contributed by atoms with E-state index in [0.717, 1.165) is 5.01 Å². The zero-order valence-electron chi connectivity index (χ0n) is 17.5. The summed E-state index contributed by atoms with van der Waals surface area (Å²) in [5.74, 6) is -2.12. The Kier molecular flexibility index (Phi) is 6.04. The minimum atomic E-state index is -1.05. The molecule has 3 aromatic carbocycles. The molecule has 4 rings (SSSR count). The van der Waals surface area contributed by atoms with Crippen LogP contribution in [0.4, 0.5) is 11.4 Å². The number of benzene rings is 3. The Morgan fingerprint density at radius 3 is 2.41 bits per heavy atom. The fourth-order valence-electron chi connectivity index (χ4n) is 3.27. The van der Waals surface area contributed by atoms with E-state index in [2.05, 4.69) is 5.43 Å². The van der Waals surface area contributed by atoms with Gasteiger partial charge in [-0.25, -0.2) is 9.80 Å². The van der Waals surface area contributed by atoms with Gasteiger partial charge in [0.2, 0.25) is 0 Å². The van der Waals surface area contributed by atoms with Crippen LogP contribution < -0.4 is 15.2 Å². The van der Waals surface area contributed by atoms with Crippen molar-refractivity contribution < 1.29 is 29.2 Å². The minimum absolute atomic E-state index is 0.0319. The van der Waals surface area contributed by atoms with E-state index in [1.807, 2.05) is 0 Å². The second-order valence-corrected chi connectivity index (χ2v) is 7.25. The Labute approximate surface area is 192 Å². The van der Waals surface area contributed by atoms with Gasteiger partial charge in [0.05, 0.1) is 16.2 Å².